The molecule has 0 fully saturated rings. The SMILES string of the molecule is CCNc1ccc(NC(=O)c2ccco2)c(C)c1. The van der Waals surface area contributed by atoms with Crippen molar-refractivity contribution in [1.29, 1.82) is 0 Å². The second-order valence-electron chi connectivity index (χ2n) is 3.99. The molecule has 0 aliphatic carbocycles. The van der Waals surface area contributed by atoms with Crippen LogP contribution in [0.15, 0.2) is 41.0 Å². The van der Waals surface area contributed by atoms with Gasteiger partial charge in [0.25, 0.3) is 5.91 Å². The number of aryl methyl sites for hydroxylation is 1. The first-order valence-electron chi connectivity index (χ1n) is 5.90. The Morgan fingerprint density at radius 1 is 1.33 bits per heavy atom. The van der Waals surface area contributed by atoms with Crippen molar-refractivity contribution < 1.29 is 9.21 Å². The Morgan fingerprint density at radius 3 is 2.78 bits per heavy atom. The third-order valence-corrected chi connectivity index (χ3v) is 2.60. The molecule has 0 aliphatic rings. The summed E-state index contributed by atoms with van der Waals surface area (Å²) < 4.78 is 5.05. The standard InChI is InChI=1S/C14H16N2O2/c1-3-15-11-6-7-12(10(2)9-11)16-14(17)13-5-4-8-18-13/h4-9,15H,3H2,1-2H3,(H,16,17). The number of furan rings is 1. The average Bonchev–Trinajstić information content (AvgIpc) is 2.86. The van der Waals surface area contributed by atoms with E-state index in [0.29, 0.717) is 5.76 Å². The van der Waals surface area contributed by atoms with Gasteiger partial charge in [-0.15, -0.1) is 0 Å². The zero-order chi connectivity index (χ0) is 13.0. The van der Waals surface area contributed by atoms with Crippen LogP contribution >= 0.6 is 0 Å². The van der Waals surface area contributed by atoms with Gasteiger partial charge in [-0.3, -0.25) is 4.79 Å². The molecule has 94 valence electrons. The molecule has 1 aromatic heterocycles. The minimum atomic E-state index is -0.237. The fourth-order valence-corrected chi connectivity index (χ4v) is 1.71. The molecule has 0 spiro atoms. The largest absolute Gasteiger partial charge is 0.459 e. The van der Waals surface area contributed by atoms with E-state index >= 15 is 0 Å². The predicted molar refractivity (Wildman–Crippen MR) is 72.0 cm³/mol. The summed E-state index contributed by atoms with van der Waals surface area (Å²) in [6, 6.07) is 9.15. The lowest BCUT2D eigenvalue weighted by atomic mass is 10.1. The summed E-state index contributed by atoms with van der Waals surface area (Å²) in [6.45, 7) is 4.87. The molecule has 4 heteroatoms. The van der Waals surface area contributed by atoms with E-state index in [2.05, 4.69) is 10.6 Å². The Hall–Kier alpha value is -2.23. The van der Waals surface area contributed by atoms with Crippen molar-refractivity contribution in [2.24, 2.45) is 0 Å². The highest BCUT2D eigenvalue weighted by Crippen LogP contribution is 2.20. The van der Waals surface area contributed by atoms with Gasteiger partial charge in [-0.2, -0.15) is 0 Å². The minimum absolute atomic E-state index is 0.237. The molecule has 18 heavy (non-hydrogen) atoms. The van der Waals surface area contributed by atoms with Crippen LogP contribution in [0, 0.1) is 6.92 Å². The summed E-state index contributed by atoms with van der Waals surface area (Å²) in [5, 5.41) is 6.05. The van der Waals surface area contributed by atoms with Crippen LogP contribution in [0.25, 0.3) is 0 Å². The molecule has 2 rings (SSSR count). The lowest BCUT2D eigenvalue weighted by Gasteiger charge is -2.10. The van der Waals surface area contributed by atoms with Gasteiger partial charge in [0.1, 0.15) is 0 Å². The zero-order valence-corrected chi connectivity index (χ0v) is 10.5. The van der Waals surface area contributed by atoms with Gasteiger partial charge >= 0.3 is 0 Å². The molecular weight excluding hydrogens is 228 g/mol. The number of rotatable bonds is 4. The van der Waals surface area contributed by atoms with E-state index in [1.807, 2.05) is 32.0 Å². The summed E-state index contributed by atoms with van der Waals surface area (Å²) in [5.74, 6) is 0.0736. The van der Waals surface area contributed by atoms with Gasteiger partial charge in [0, 0.05) is 17.9 Å². The number of carbonyl (C=O) groups excluding carboxylic acids is 1. The molecule has 0 saturated heterocycles. The van der Waals surface area contributed by atoms with Crippen molar-refractivity contribution in [3.8, 4) is 0 Å². The number of carbonyl (C=O) groups is 1. The van der Waals surface area contributed by atoms with Gasteiger partial charge in [-0.05, 0) is 49.7 Å². The first-order valence-corrected chi connectivity index (χ1v) is 5.90. The molecule has 1 aromatic carbocycles. The summed E-state index contributed by atoms with van der Waals surface area (Å²) in [5.41, 5.74) is 2.84. The second-order valence-corrected chi connectivity index (χ2v) is 3.99. The zero-order valence-electron chi connectivity index (χ0n) is 10.5. The molecule has 0 aliphatic heterocycles. The number of benzene rings is 1. The molecule has 2 N–H and O–H groups in total. The van der Waals surface area contributed by atoms with Crippen molar-refractivity contribution in [3.63, 3.8) is 0 Å². The minimum Gasteiger partial charge on any atom is -0.459 e. The van der Waals surface area contributed by atoms with Gasteiger partial charge in [0.15, 0.2) is 5.76 Å². The topological polar surface area (TPSA) is 54.3 Å². The quantitative estimate of drug-likeness (QED) is 0.867. The molecule has 0 atom stereocenters. The smallest absolute Gasteiger partial charge is 0.291 e. The fourth-order valence-electron chi connectivity index (χ4n) is 1.71. The van der Waals surface area contributed by atoms with Crippen LogP contribution in [-0.4, -0.2) is 12.5 Å². The van der Waals surface area contributed by atoms with Crippen molar-refractivity contribution in [3.05, 3.63) is 47.9 Å². The van der Waals surface area contributed by atoms with Crippen LogP contribution in [-0.2, 0) is 0 Å². The fraction of sp³-hybridized carbons (Fsp3) is 0.214. The van der Waals surface area contributed by atoms with E-state index < -0.39 is 0 Å². The molecule has 0 radical (unpaired) electrons. The number of hydrogen-bond donors (Lipinski definition) is 2. The number of hydrogen-bond acceptors (Lipinski definition) is 3. The van der Waals surface area contributed by atoms with E-state index in [1.165, 1.54) is 6.26 Å². The Labute approximate surface area is 106 Å². The van der Waals surface area contributed by atoms with Gasteiger partial charge in [0.05, 0.1) is 6.26 Å². The lowest BCUT2D eigenvalue weighted by molar-refractivity contribution is 0.0996. The Bertz CT molecular complexity index is 533. The van der Waals surface area contributed by atoms with E-state index in [9.17, 15) is 4.79 Å². The Kier molecular flexibility index (Phi) is 3.67. The molecule has 1 amide bonds. The maximum absolute atomic E-state index is 11.8. The third-order valence-electron chi connectivity index (χ3n) is 2.60. The van der Waals surface area contributed by atoms with Crippen LogP contribution in [0.4, 0.5) is 11.4 Å². The molecule has 1 heterocycles. The van der Waals surface area contributed by atoms with Gasteiger partial charge in [-0.25, -0.2) is 0 Å². The first-order chi connectivity index (χ1) is 8.70. The van der Waals surface area contributed by atoms with Crippen LogP contribution in [0.2, 0.25) is 0 Å². The highest BCUT2D eigenvalue weighted by atomic mass is 16.3. The lowest BCUT2D eigenvalue weighted by Crippen LogP contribution is -2.12. The van der Waals surface area contributed by atoms with Gasteiger partial charge in [-0.1, -0.05) is 0 Å². The van der Waals surface area contributed by atoms with Crippen molar-refractivity contribution in [1.82, 2.24) is 0 Å². The first kappa shape index (κ1) is 12.2. The number of anilines is 2. The van der Waals surface area contributed by atoms with Crippen LogP contribution in [0.5, 0.6) is 0 Å². The van der Waals surface area contributed by atoms with E-state index in [1.54, 1.807) is 12.1 Å². The van der Waals surface area contributed by atoms with Crippen LogP contribution < -0.4 is 10.6 Å². The van der Waals surface area contributed by atoms with Crippen molar-refractivity contribution >= 4 is 17.3 Å². The molecule has 4 nitrogen and oxygen atoms in total. The highest BCUT2D eigenvalue weighted by Gasteiger charge is 2.10. The molecule has 2 aromatic rings. The third kappa shape index (κ3) is 2.71. The predicted octanol–water partition coefficient (Wildman–Crippen LogP) is 3.27. The summed E-state index contributed by atoms with van der Waals surface area (Å²) in [7, 11) is 0. The molecule has 0 bridgehead atoms. The number of nitrogens with one attached hydrogen (secondary N) is 2. The Morgan fingerprint density at radius 2 is 2.17 bits per heavy atom. The average molecular weight is 244 g/mol. The van der Waals surface area contributed by atoms with Crippen molar-refractivity contribution in [2.45, 2.75) is 13.8 Å². The maximum Gasteiger partial charge on any atom is 0.291 e. The van der Waals surface area contributed by atoms with Crippen LogP contribution in [0.3, 0.4) is 0 Å². The number of amides is 1. The molecule has 0 saturated carbocycles. The second kappa shape index (κ2) is 5.40. The Balaban J connectivity index is 2.12. The van der Waals surface area contributed by atoms with Crippen LogP contribution in [0.1, 0.15) is 23.0 Å². The van der Waals surface area contributed by atoms with Gasteiger partial charge < -0.3 is 15.1 Å². The van der Waals surface area contributed by atoms with Gasteiger partial charge in [0.2, 0.25) is 0 Å². The molecule has 0 unspecified atom stereocenters. The maximum atomic E-state index is 11.8. The summed E-state index contributed by atoms with van der Waals surface area (Å²) in [4.78, 5) is 11.8. The molecular formula is C14H16N2O2. The highest BCUT2D eigenvalue weighted by molar-refractivity contribution is 6.02. The van der Waals surface area contributed by atoms with E-state index in [-0.39, 0.29) is 5.91 Å². The van der Waals surface area contributed by atoms with Crippen molar-refractivity contribution in [2.75, 3.05) is 17.2 Å². The summed E-state index contributed by atoms with van der Waals surface area (Å²) in [6.07, 6.45) is 1.48. The monoisotopic (exact) mass is 244 g/mol. The normalized spacial score (nSPS) is 10.1. The van der Waals surface area contributed by atoms with E-state index in [4.69, 9.17) is 4.42 Å². The summed E-state index contributed by atoms with van der Waals surface area (Å²) >= 11 is 0. The van der Waals surface area contributed by atoms with E-state index in [0.717, 1.165) is 23.5 Å².